The predicted molar refractivity (Wildman–Crippen MR) is 75.0 cm³/mol. The molecule has 0 atom stereocenters. The van der Waals surface area contributed by atoms with Gasteiger partial charge in [-0.25, -0.2) is 4.98 Å². The lowest BCUT2D eigenvalue weighted by Gasteiger charge is -2.20. The first kappa shape index (κ1) is 12.8. The second-order valence-corrected chi connectivity index (χ2v) is 5.44. The molecule has 3 nitrogen and oxygen atoms in total. The van der Waals surface area contributed by atoms with Gasteiger partial charge in [0.25, 0.3) is 0 Å². The van der Waals surface area contributed by atoms with Crippen LogP contribution in [0.15, 0.2) is 24.3 Å². The number of fused-ring (bicyclic) bond motifs is 1. The molecular weight excluding hydrogens is 224 g/mol. The van der Waals surface area contributed by atoms with Gasteiger partial charge < -0.3 is 10.5 Å². The molecule has 96 valence electrons. The fourth-order valence-corrected chi connectivity index (χ4v) is 2.16. The van der Waals surface area contributed by atoms with Crippen LogP contribution in [-0.2, 0) is 6.42 Å². The molecule has 0 fully saturated rings. The van der Waals surface area contributed by atoms with Gasteiger partial charge in [-0.15, -0.1) is 0 Å². The molecule has 0 saturated heterocycles. The Morgan fingerprint density at radius 2 is 1.94 bits per heavy atom. The molecule has 0 spiro atoms. The number of ether oxygens (including phenoxy) is 1. The Balaban J connectivity index is 2.63. The fourth-order valence-electron chi connectivity index (χ4n) is 2.16. The highest BCUT2D eigenvalue weighted by Gasteiger charge is 2.15. The number of pyridine rings is 1. The smallest absolute Gasteiger partial charge is 0.145 e. The predicted octanol–water partition coefficient (Wildman–Crippen LogP) is 2.83. The molecule has 0 unspecified atom stereocenters. The van der Waals surface area contributed by atoms with Gasteiger partial charge in [-0.2, -0.15) is 0 Å². The summed E-state index contributed by atoms with van der Waals surface area (Å²) in [4.78, 5) is 4.57. The first-order chi connectivity index (χ1) is 8.40. The second-order valence-electron chi connectivity index (χ2n) is 5.44. The van der Waals surface area contributed by atoms with Gasteiger partial charge in [0.2, 0.25) is 0 Å². The van der Waals surface area contributed by atoms with Crippen LogP contribution in [0.25, 0.3) is 10.9 Å². The van der Waals surface area contributed by atoms with Crippen molar-refractivity contribution in [3.8, 4) is 5.75 Å². The lowest BCUT2D eigenvalue weighted by Crippen LogP contribution is -2.34. The minimum absolute atomic E-state index is 0.230. The van der Waals surface area contributed by atoms with Gasteiger partial charge in [0.1, 0.15) is 11.3 Å². The number of nitrogens with two attached hydrogens (primary N) is 1. The average Bonchev–Trinajstić information content (AvgIpc) is 2.27. The molecule has 0 aliphatic carbocycles. The third-order valence-corrected chi connectivity index (χ3v) is 2.92. The molecular formula is C15H20N2O. The molecule has 1 aromatic carbocycles. The van der Waals surface area contributed by atoms with E-state index in [1.54, 1.807) is 7.11 Å². The van der Waals surface area contributed by atoms with Crippen LogP contribution in [0.4, 0.5) is 0 Å². The van der Waals surface area contributed by atoms with E-state index in [0.717, 1.165) is 28.8 Å². The third kappa shape index (κ3) is 2.62. The van der Waals surface area contributed by atoms with E-state index in [1.165, 1.54) is 5.56 Å². The molecule has 0 saturated carbocycles. The van der Waals surface area contributed by atoms with Crippen molar-refractivity contribution in [2.75, 3.05) is 7.11 Å². The molecule has 0 radical (unpaired) electrons. The number of benzene rings is 1. The number of hydrogen-bond acceptors (Lipinski definition) is 3. The zero-order valence-electron chi connectivity index (χ0n) is 11.4. The van der Waals surface area contributed by atoms with Gasteiger partial charge in [0, 0.05) is 16.6 Å². The number of aryl methyl sites for hydroxylation is 1. The summed E-state index contributed by atoms with van der Waals surface area (Å²) in [6, 6.07) is 8.17. The number of nitrogens with zero attached hydrogens (tertiary/aromatic N) is 1. The zero-order chi connectivity index (χ0) is 13.3. The van der Waals surface area contributed by atoms with Gasteiger partial charge in [0.05, 0.1) is 7.11 Å². The van der Waals surface area contributed by atoms with Gasteiger partial charge in [-0.05, 0) is 44.9 Å². The van der Waals surface area contributed by atoms with Crippen LogP contribution in [-0.4, -0.2) is 17.6 Å². The monoisotopic (exact) mass is 244 g/mol. The summed E-state index contributed by atoms with van der Waals surface area (Å²) in [5.41, 5.74) is 9.00. The fraction of sp³-hybridized carbons (Fsp3) is 0.400. The highest BCUT2D eigenvalue weighted by atomic mass is 16.5. The summed E-state index contributed by atoms with van der Waals surface area (Å²) >= 11 is 0. The van der Waals surface area contributed by atoms with Crippen molar-refractivity contribution >= 4 is 10.9 Å². The molecule has 2 N–H and O–H groups in total. The summed E-state index contributed by atoms with van der Waals surface area (Å²) < 4.78 is 5.37. The van der Waals surface area contributed by atoms with Crippen molar-refractivity contribution in [2.45, 2.75) is 32.7 Å². The maximum Gasteiger partial charge on any atom is 0.145 e. The van der Waals surface area contributed by atoms with Crippen LogP contribution in [0.1, 0.15) is 25.1 Å². The highest BCUT2D eigenvalue weighted by molar-refractivity contribution is 5.87. The van der Waals surface area contributed by atoms with Crippen molar-refractivity contribution in [3.05, 3.63) is 35.5 Å². The average molecular weight is 244 g/mol. The van der Waals surface area contributed by atoms with E-state index >= 15 is 0 Å². The number of rotatable bonds is 3. The molecule has 0 aliphatic heterocycles. The van der Waals surface area contributed by atoms with E-state index in [4.69, 9.17) is 10.5 Å². The normalized spacial score (nSPS) is 11.8. The summed E-state index contributed by atoms with van der Waals surface area (Å²) in [5.74, 6) is 0.812. The minimum Gasteiger partial charge on any atom is -0.494 e. The van der Waals surface area contributed by atoms with Crippen LogP contribution in [0, 0.1) is 6.92 Å². The van der Waals surface area contributed by atoms with Crippen molar-refractivity contribution in [1.82, 2.24) is 4.98 Å². The van der Waals surface area contributed by atoms with E-state index in [1.807, 2.05) is 32.9 Å². The van der Waals surface area contributed by atoms with Crippen molar-refractivity contribution in [1.29, 1.82) is 0 Å². The molecule has 2 rings (SSSR count). The molecule has 1 heterocycles. The summed E-state index contributed by atoms with van der Waals surface area (Å²) in [6.07, 6.45) is 0.818. The van der Waals surface area contributed by atoms with Crippen molar-refractivity contribution in [2.24, 2.45) is 5.73 Å². The lowest BCUT2D eigenvalue weighted by atomic mass is 9.93. The van der Waals surface area contributed by atoms with E-state index in [-0.39, 0.29) is 5.54 Å². The number of hydrogen-bond donors (Lipinski definition) is 1. The van der Waals surface area contributed by atoms with Gasteiger partial charge in [0.15, 0.2) is 0 Å². The Morgan fingerprint density at radius 1 is 1.22 bits per heavy atom. The van der Waals surface area contributed by atoms with Crippen LogP contribution in [0.3, 0.4) is 0 Å². The Bertz CT molecular complexity index is 570. The lowest BCUT2D eigenvalue weighted by molar-refractivity contribution is 0.418. The van der Waals surface area contributed by atoms with Crippen molar-refractivity contribution < 1.29 is 4.74 Å². The topological polar surface area (TPSA) is 48.1 Å². The summed E-state index contributed by atoms with van der Waals surface area (Å²) in [7, 11) is 1.67. The van der Waals surface area contributed by atoms with Gasteiger partial charge in [-0.1, -0.05) is 12.1 Å². The van der Waals surface area contributed by atoms with E-state index in [2.05, 4.69) is 17.1 Å². The second kappa shape index (κ2) is 4.58. The van der Waals surface area contributed by atoms with Gasteiger partial charge in [-0.3, -0.25) is 0 Å². The Morgan fingerprint density at radius 3 is 2.56 bits per heavy atom. The first-order valence-electron chi connectivity index (χ1n) is 6.13. The standard InChI is InChI=1S/C15H20N2O/c1-10-5-7-12-11(9-15(2,3)16)6-8-13(18-4)14(12)17-10/h5-8H,9,16H2,1-4H3. The van der Waals surface area contributed by atoms with E-state index < -0.39 is 0 Å². The molecule has 0 amide bonds. The van der Waals surface area contributed by atoms with Crippen molar-refractivity contribution in [3.63, 3.8) is 0 Å². The molecule has 1 aromatic heterocycles. The number of aromatic nitrogens is 1. The molecule has 0 aliphatic rings. The maximum absolute atomic E-state index is 6.11. The Hall–Kier alpha value is -1.61. The van der Waals surface area contributed by atoms with E-state index in [9.17, 15) is 0 Å². The maximum atomic E-state index is 6.11. The highest BCUT2D eigenvalue weighted by Crippen LogP contribution is 2.28. The number of methoxy groups -OCH3 is 1. The largest absolute Gasteiger partial charge is 0.494 e. The molecule has 2 aromatic rings. The minimum atomic E-state index is -0.230. The zero-order valence-corrected chi connectivity index (χ0v) is 11.4. The van der Waals surface area contributed by atoms with Gasteiger partial charge >= 0.3 is 0 Å². The summed E-state index contributed by atoms with van der Waals surface area (Å²) in [5, 5.41) is 1.12. The SMILES string of the molecule is COc1ccc(CC(C)(C)N)c2ccc(C)nc12. The van der Waals surface area contributed by atoms with Crippen LogP contribution >= 0.6 is 0 Å². The summed E-state index contributed by atoms with van der Waals surface area (Å²) in [6.45, 7) is 6.05. The third-order valence-electron chi connectivity index (χ3n) is 2.92. The van der Waals surface area contributed by atoms with Crippen LogP contribution in [0.5, 0.6) is 5.75 Å². The first-order valence-corrected chi connectivity index (χ1v) is 6.13. The van der Waals surface area contributed by atoms with E-state index in [0.29, 0.717) is 0 Å². The molecule has 3 heteroatoms. The Kier molecular flexibility index (Phi) is 3.26. The quantitative estimate of drug-likeness (QED) is 0.903. The van der Waals surface area contributed by atoms with Crippen LogP contribution in [0.2, 0.25) is 0 Å². The molecule has 18 heavy (non-hydrogen) atoms. The molecule has 0 bridgehead atoms. The van der Waals surface area contributed by atoms with Crippen LogP contribution < -0.4 is 10.5 Å². The Labute approximate surface area is 108 Å².